The highest BCUT2D eigenvalue weighted by atomic mass is 32.1. The van der Waals surface area contributed by atoms with Crippen molar-refractivity contribution in [2.24, 2.45) is 5.92 Å². The fourth-order valence-corrected chi connectivity index (χ4v) is 8.04. The molecule has 4 aromatic rings. The minimum atomic E-state index is -0.883. The fraction of sp³-hybridized carbons (Fsp3) is 0.323. The van der Waals surface area contributed by atoms with Crippen LogP contribution >= 0.6 is 22.7 Å². The number of piperazine rings is 1. The average Bonchev–Trinajstić information content (AvgIpc) is 3.79. The Hall–Kier alpha value is -3.73. The van der Waals surface area contributed by atoms with Gasteiger partial charge in [-0.1, -0.05) is 24.3 Å². The lowest BCUT2D eigenvalue weighted by atomic mass is 9.80. The molecule has 0 aliphatic carbocycles. The summed E-state index contributed by atoms with van der Waals surface area (Å²) in [6.45, 7) is 6.25. The molecule has 2 N–H and O–H groups in total. The Labute approximate surface area is 247 Å². The molecule has 212 valence electrons. The molecule has 5 heterocycles. The highest BCUT2D eigenvalue weighted by Gasteiger charge is 2.59. The summed E-state index contributed by atoms with van der Waals surface area (Å²) in [6.07, 6.45) is 0. The van der Waals surface area contributed by atoms with Crippen LogP contribution in [0.15, 0.2) is 75.8 Å². The number of nitrogens with one attached hydrogen (secondary N) is 2. The first-order chi connectivity index (χ1) is 19.9. The van der Waals surface area contributed by atoms with E-state index >= 15 is 0 Å². The zero-order valence-electron chi connectivity index (χ0n) is 22.9. The van der Waals surface area contributed by atoms with Crippen molar-refractivity contribution in [3.8, 4) is 0 Å². The van der Waals surface area contributed by atoms with Gasteiger partial charge >= 0.3 is 6.03 Å². The van der Waals surface area contributed by atoms with Gasteiger partial charge in [-0.2, -0.15) is 0 Å². The standard InChI is InChI=1S/C31H32N4O4S2/c1-19-12-18-41-29(19)25-24(28(36)22-11-10-20(2)39-22)26(23-9-6-17-40-23)35(31(38)33-21-7-4-3-5-8-21)27(25)30(37)34-15-13-32-14-16-34/h3-12,17-18,24-27,32H,13-16H2,1-2H3,(H,33,38). The zero-order chi connectivity index (χ0) is 28.5. The Bertz CT molecular complexity index is 1520. The third kappa shape index (κ3) is 5.23. The number of likely N-dealkylation sites (tertiary alicyclic amines) is 1. The predicted octanol–water partition coefficient (Wildman–Crippen LogP) is 5.69. The lowest BCUT2D eigenvalue weighted by molar-refractivity contribution is -0.136. The maximum absolute atomic E-state index is 14.6. The first-order valence-corrected chi connectivity index (χ1v) is 15.5. The second-order valence-corrected chi connectivity index (χ2v) is 12.4. The molecule has 2 aliphatic rings. The molecule has 3 aromatic heterocycles. The molecule has 2 fully saturated rings. The smallest absolute Gasteiger partial charge is 0.323 e. The van der Waals surface area contributed by atoms with Gasteiger partial charge in [-0.25, -0.2) is 4.79 Å². The first kappa shape index (κ1) is 27.4. The normalized spacial score (nSPS) is 22.6. The Balaban J connectivity index is 1.54. The summed E-state index contributed by atoms with van der Waals surface area (Å²) in [5.41, 5.74) is 1.62. The average molecular weight is 589 g/mol. The van der Waals surface area contributed by atoms with Crippen LogP contribution in [0.25, 0.3) is 0 Å². The number of ketones is 1. The second-order valence-electron chi connectivity index (χ2n) is 10.5. The monoisotopic (exact) mass is 588 g/mol. The highest BCUT2D eigenvalue weighted by molar-refractivity contribution is 7.10. The Kier molecular flexibility index (Phi) is 7.79. The van der Waals surface area contributed by atoms with Crippen LogP contribution in [-0.2, 0) is 4.79 Å². The van der Waals surface area contributed by atoms with Crippen molar-refractivity contribution in [3.63, 3.8) is 0 Å². The number of aryl methyl sites for hydroxylation is 2. The summed E-state index contributed by atoms with van der Waals surface area (Å²) in [6, 6.07) is 16.6. The summed E-state index contributed by atoms with van der Waals surface area (Å²) in [4.78, 5) is 48.6. The number of hydrogen-bond acceptors (Lipinski definition) is 7. The van der Waals surface area contributed by atoms with Gasteiger partial charge in [0, 0.05) is 47.5 Å². The van der Waals surface area contributed by atoms with E-state index in [0.717, 1.165) is 15.3 Å². The molecular weight excluding hydrogens is 556 g/mol. The van der Waals surface area contributed by atoms with Crippen LogP contribution in [0.2, 0.25) is 0 Å². The van der Waals surface area contributed by atoms with Crippen LogP contribution < -0.4 is 10.6 Å². The molecular formula is C31H32N4O4S2. The molecule has 1 aromatic carbocycles. The third-order valence-electron chi connectivity index (χ3n) is 7.93. The lowest BCUT2D eigenvalue weighted by Crippen LogP contribution is -2.55. The molecule has 2 aliphatic heterocycles. The van der Waals surface area contributed by atoms with Gasteiger partial charge in [0.05, 0.1) is 12.0 Å². The number of carbonyl (C=O) groups is 3. The van der Waals surface area contributed by atoms with E-state index in [4.69, 9.17) is 4.42 Å². The molecule has 3 amide bonds. The Morgan fingerprint density at radius 2 is 1.71 bits per heavy atom. The number of carbonyl (C=O) groups excluding carboxylic acids is 3. The molecule has 0 spiro atoms. The molecule has 2 saturated heterocycles. The number of furan rings is 1. The van der Waals surface area contributed by atoms with Gasteiger partial charge in [0.15, 0.2) is 5.76 Å². The van der Waals surface area contributed by atoms with Crippen LogP contribution in [0.4, 0.5) is 10.5 Å². The van der Waals surface area contributed by atoms with E-state index in [9.17, 15) is 14.4 Å². The largest absolute Gasteiger partial charge is 0.458 e. The van der Waals surface area contributed by atoms with Crippen molar-refractivity contribution < 1.29 is 18.8 Å². The van der Waals surface area contributed by atoms with E-state index in [2.05, 4.69) is 10.6 Å². The van der Waals surface area contributed by atoms with Crippen LogP contribution in [0.1, 0.15) is 43.6 Å². The Morgan fingerprint density at radius 3 is 2.34 bits per heavy atom. The van der Waals surface area contributed by atoms with Gasteiger partial charge < -0.3 is 24.9 Å². The van der Waals surface area contributed by atoms with E-state index < -0.39 is 30.0 Å². The van der Waals surface area contributed by atoms with Gasteiger partial charge in [-0.3, -0.25) is 9.59 Å². The number of hydrogen-bond donors (Lipinski definition) is 2. The highest BCUT2D eigenvalue weighted by Crippen LogP contribution is 2.54. The Morgan fingerprint density at radius 1 is 0.927 bits per heavy atom. The number of amides is 3. The summed E-state index contributed by atoms with van der Waals surface area (Å²) in [7, 11) is 0. The van der Waals surface area contributed by atoms with E-state index in [-0.39, 0.29) is 17.5 Å². The molecule has 8 nitrogen and oxygen atoms in total. The van der Waals surface area contributed by atoms with Crippen molar-refractivity contribution in [1.29, 1.82) is 0 Å². The van der Waals surface area contributed by atoms with Crippen molar-refractivity contribution in [2.75, 3.05) is 31.5 Å². The number of anilines is 1. The maximum atomic E-state index is 14.6. The summed E-state index contributed by atoms with van der Waals surface area (Å²) in [5.74, 6) is -0.747. The summed E-state index contributed by atoms with van der Waals surface area (Å²) < 4.78 is 5.86. The lowest BCUT2D eigenvalue weighted by Gasteiger charge is -2.36. The van der Waals surface area contributed by atoms with Gasteiger partial charge in [-0.05, 0) is 66.6 Å². The predicted molar refractivity (Wildman–Crippen MR) is 161 cm³/mol. The fourth-order valence-electron chi connectivity index (χ4n) is 6.06. The number of nitrogens with zero attached hydrogens (tertiary/aromatic N) is 2. The second kappa shape index (κ2) is 11.6. The number of benzene rings is 1. The van der Waals surface area contributed by atoms with Crippen LogP contribution in [0, 0.1) is 19.8 Å². The number of thiophene rings is 2. The minimum absolute atomic E-state index is 0.139. The van der Waals surface area contributed by atoms with Crippen LogP contribution in [0.5, 0.6) is 0 Å². The number of rotatable bonds is 6. The molecule has 6 rings (SSSR count). The summed E-state index contributed by atoms with van der Waals surface area (Å²) in [5, 5.41) is 10.3. The van der Waals surface area contributed by atoms with Gasteiger partial charge in [0.25, 0.3) is 0 Å². The van der Waals surface area contributed by atoms with Gasteiger partial charge in [0.2, 0.25) is 11.7 Å². The molecule has 10 heteroatoms. The summed E-state index contributed by atoms with van der Waals surface area (Å²) >= 11 is 3.02. The molecule has 4 unspecified atom stereocenters. The van der Waals surface area contributed by atoms with Gasteiger partial charge in [-0.15, -0.1) is 22.7 Å². The SMILES string of the molecule is Cc1ccc(C(=O)C2C(c3sccc3C)C(C(=O)N3CCNCC3)N(C(=O)Nc3ccccc3)C2c2cccs2)o1. The van der Waals surface area contributed by atoms with E-state index in [0.29, 0.717) is 37.6 Å². The van der Waals surface area contributed by atoms with Crippen LogP contribution in [0.3, 0.4) is 0 Å². The van der Waals surface area contributed by atoms with E-state index in [1.165, 1.54) is 22.7 Å². The van der Waals surface area contributed by atoms with E-state index in [1.54, 1.807) is 24.0 Å². The maximum Gasteiger partial charge on any atom is 0.323 e. The van der Waals surface area contributed by atoms with Gasteiger partial charge in [0.1, 0.15) is 11.8 Å². The molecule has 41 heavy (non-hydrogen) atoms. The zero-order valence-corrected chi connectivity index (χ0v) is 24.5. The third-order valence-corrected chi connectivity index (χ3v) is 10.00. The number of Topliss-reactive ketones (excluding diaryl/α,β-unsaturated/α-hetero) is 1. The molecule has 0 radical (unpaired) electrons. The first-order valence-electron chi connectivity index (χ1n) is 13.8. The van der Waals surface area contributed by atoms with Crippen molar-refractivity contribution in [1.82, 2.24) is 15.1 Å². The molecule has 4 atom stereocenters. The molecule has 0 bridgehead atoms. The van der Waals surface area contributed by atoms with E-state index in [1.807, 2.05) is 71.1 Å². The van der Waals surface area contributed by atoms with Crippen molar-refractivity contribution >= 4 is 46.1 Å². The number of urea groups is 1. The van der Waals surface area contributed by atoms with Crippen molar-refractivity contribution in [2.45, 2.75) is 31.8 Å². The minimum Gasteiger partial charge on any atom is -0.458 e. The molecule has 0 saturated carbocycles. The number of para-hydroxylation sites is 1. The van der Waals surface area contributed by atoms with Crippen LogP contribution in [-0.4, -0.2) is 59.7 Å². The quantitative estimate of drug-likeness (QED) is 0.282. The van der Waals surface area contributed by atoms with Crippen molar-refractivity contribution in [3.05, 3.63) is 98.3 Å². The topological polar surface area (TPSA) is 94.9 Å².